The topological polar surface area (TPSA) is 46.3 Å². The molecule has 122 valence electrons. The van der Waals surface area contributed by atoms with E-state index in [1.54, 1.807) is 0 Å². The molecule has 0 saturated carbocycles. The van der Waals surface area contributed by atoms with Gasteiger partial charge in [-0.2, -0.15) is 0 Å². The fourth-order valence-corrected chi connectivity index (χ4v) is 3.28. The summed E-state index contributed by atoms with van der Waals surface area (Å²) in [6, 6.07) is 6.80. The van der Waals surface area contributed by atoms with E-state index in [4.69, 9.17) is 5.73 Å². The summed E-state index contributed by atoms with van der Waals surface area (Å²) >= 11 is 0. The number of carbonyl (C=O) groups excluding carboxylic acids is 1. The maximum absolute atomic E-state index is 12.4. The van der Waals surface area contributed by atoms with Crippen LogP contribution < -0.4 is 10.6 Å². The minimum absolute atomic E-state index is 0.244. The van der Waals surface area contributed by atoms with Crippen molar-refractivity contribution in [2.45, 2.75) is 71.3 Å². The number of rotatable bonds is 7. The van der Waals surface area contributed by atoms with Crippen molar-refractivity contribution in [1.29, 1.82) is 0 Å². The van der Waals surface area contributed by atoms with Crippen molar-refractivity contribution in [2.75, 3.05) is 11.4 Å². The van der Waals surface area contributed by atoms with Crippen molar-refractivity contribution in [3.05, 3.63) is 29.3 Å². The summed E-state index contributed by atoms with van der Waals surface area (Å²) in [5.41, 5.74) is 9.91. The molecule has 0 bridgehead atoms. The van der Waals surface area contributed by atoms with Crippen molar-refractivity contribution in [1.82, 2.24) is 0 Å². The number of nitrogens with two attached hydrogens (primary N) is 1. The first-order valence-corrected chi connectivity index (χ1v) is 8.83. The zero-order valence-electron chi connectivity index (χ0n) is 14.1. The molecule has 0 saturated heterocycles. The van der Waals surface area contributed by atoms with E-state index in [1.165, 1.54) is 11.1 Å². The number of benzene rings is 1. The monoisotopic (exact) mass is 302 g/mol. The molecule has 0 aliphatic carbocycles. The third kappa shape index (κ3) is 4.33. The van der Waals surface area contributed by atoms with Crippen LogP contribution in [-0.4, -0.2) is 18.5 Å². The second-order valence-corrected chi connectivity index (χ2v) is 6.47. The van der Waals surface area contributed by atoms with Gasteiger partial charge in [0.2, 0.25) is 5.91 Å². The Morgan fingerprint density at radius 2 is 2.14 bits per heavy atom. The Balaban J connectivity index is 2.10. The van der Waals surface area contributed by atoms with Gasteiger partial charge in [0.15, 0.2) is 0 Å². The van der Waals surface area contributed by atoms with Gasteiger partial charge in [0.1, 0.15) is 0 Å². The summed E-state index contributed by atoms with van der Waals surface area (Å²) in [6.07, 6.45) is 7.99. The van der Waals surface area contributed by atoms with E-state index in [1.807, 2.05) is 4.90 Å². The van der Waals surface area contributed by atoms with Crippen molar-refractivity contribution < 1.29 is 4.79 Å². The molecule has 3 heteroatoms. The lowest BCUT2D eigenvalue weighted by Crippen LogP contribution is -2.35. The molecule has 1 amide bonds. The Bertz CT molecular complexity index is 498. The van der Waals surface area contributed by atoms with E-state index < -0.39 is 0 Å². The van der Waals surface area contributed by atoms with Crippen LogP contribution in [0.2, 0.25) is 0 Å². The molecule has 1 aromatic rings. The molecule has 0 spiro atoms. The summed E-state index contributed by atoms with van der Waals surface area (Å²) in [7, 11) is 0. The van der Waals surface area contributed by atoms with Gasteiger partial charge in [-0.05, 0) is 49.3 Å². The minimum Gasteiger partial charge on any atom is -0.327 e. The lowest BCUT2D eigenvalue weighted by Gasteiger charge is -2.30. The highest BCUT2D eigenvalue weighted by atomic mass is 16.2. The molecule has 1 aliphatic rings. The molecule has 1 aromatic carbocycles. The minimum atomic E-state index is 0.244. The fourth-order valence-electron chi connectivity index (χ4n) is 3.28. The Labute approximate surface area is 134 Å². The summed E-state index contributed by atoms with van der Waals surface area (Å²) in [6.45, 7) is 5.17. The van der Waals surface area contributed by atoms with E-state index in [0.29, 0.717) is 6.42 Å². The first-order chi connectivity index (χ1) is 10.7. The molecule has 2 N–H and O–H groups in total. The van der Waals surface area contributed by atoms with Gasteiger partial charge < -0.3 is 10.6 Å². The second-order valence-electron chi connectivity index (χ2n) is 6.47. The quantitative estimate of drug-likeness (QED) is 0.832. The molecule has 1 atom stereocenters. The lowest BCUT2D eigenvalue weighted by atomic mass is 9.95. The largest absolute Gasteiger partial charge is 0.327 e. The Hall–Kier alpha value is -1.35. The number of amides is 1. The first kappa shape index (κ1) is 17.0. The molecule has 3 nitrogen and oxygen atoms in total. The van der Waals surface area contributed by atoms with Crippen LogP contribution in [0.1, 0.15) is 63.5 Å². The van der Waals surface area contributed by atoms with E-state index in [2.05, 4.69) is 32.0 Å². The number of carbonyl (C=O) groups is 1. The molecular weight excluding hydrogens is 272 g/mol. The van der Waals surface area contributed by atoms with Gasteiger partial charge in [-0.1, -0.05) is 38.8 Å². The number of hydrogen-bond donors (Lipinski definition) is 1. The van der Waals surface area contributed by atoms with Gasteiger partial charge in [0.05, 0.1) is 0 Å². The summed E-state index contributed by atoms with van der Waals surface area (Å²) < 4.78 is 0. The van der Waals surface area contributed by atoms with Gasteiger partial charge >= 0.3 is 0 Å². The number of unbranched alkanes of at least 4 members (excludes halogenated alkanes) is 1. The maximum Gasteiger partial charge on any atom is 0.226 e. The third-order valence-electron chi connectivity index (χ3n) is 4.47. The molecule has 1 unspecified atom stereocenters. The fraction of sp³-hybridized carbons (Fsp3) is 0.632. The van der Waals surface area contributed by atoms with Crippen LogP contribution in [0.5, 0.6) is 0 Å². The smallest absolute Gasteiger partial charge is 0.226 e. The van der Waals surface area contributed by atoms with Gasteiger partial charge in [-0.25, -0.2) is 0 Å². The van der Waals surface area contributed by atoms with Gasteiger partial charge in [0, 0.05) is 24.7 Å². The molecule has 22 heavy (non-hydrogen) atoms. The van der Waals surface area contributed by atoms with Crippen LogP contribution >= 0.6 is 0 Å². The molecule has 0 aromatic heterocycles. The van der Waals surface area contributed by atoms with Crippen molar-refractivity contribution in [3.63, 3.8) is 0 Å². The van der Waals surface area contributed by atoms with E-state index in [-0.39, 0.29) is 11.9 Å². The standard InChI is InChI=1S/C19H30N2O/c1-3-5-9-19(22)21-12-6-8-16-13-15(10-11-18(16)21)14-17(20)7-4-2/h10-11,13,17H,3-9,12,14,20H2,1-2H3. The average molecular weight is 302 g/mol. The van der Waals surface area contributed by atoms with Crippen LogP contribution in [0.15, 0.2) is 18.2 Å². The zero-order valence-corrected chi connectivity index (χ0v) is 14.1. The van der Waals surface area contributed by atoms with Crippen molar-refractivity contribution in [3.8, 4) is 0 Å². The van der Waals surface area contributed by atoms with Crippen molar-refractivity contribution >= 4 is 11.6 Å². The Morgan fingerprint density at radius 1 is 1.32 bits per heavy atom. The number of aryl methyl sites for hydroxylation is 1. The second kappa shape index (κ2) is 8.33. The van der Waals surface area contributed by atoms with E-state index in [0.717, 1.165) is 57.2 Å². The van der Waals surface area contributed by atoms with Crippen molar-refractivity contribution in [2.24, 2.45) is 5.73 Å². The van der Waals surface area contributed by atoms with Crippen LogP contribution in [0, 0.1) is 0 Å². The molecule has 1 heterocycles. The highest BCUT2D eigenvalue weighted by Crippen LogP contribution is 2.29. The average Bonchev–Trinajstić information content (AvgIpc) is 2.52. The van der Waals surface area contributed by atoms with Gasteiger partial charge in [0.25, 0.3) is 0 Å². The third-order valence-corrected chi connectivity index (χ3v) is 4.47. The number of anilines is 1. The molecule has 0 fully saturated rings. The zero-order chi connectivity index (χ0) is 15.9. The van der Waals surface area contributed by atoms with Crippen LogP contribution in [0.3, 0.4) is 0 Å². The highest BCUT2D eigenvalue weighted by Gasteiger charge is 2.22. The Kier molecular flexibility index (Phi) is 6.44. The Morgan fingerprint density at radius 3 is 2.86 bits per heavy atom. The predicted octanol–water partition coefficient (Wildman–Crippen LogP) is 3.83. The first-order valence-electron chi connectivity index (χ1n) is 8.83. The summed E-state index contributed by atoms with van der Waals surface area (Å²) in [5.74, 6) is 0.276. The highest BCUT2D eigenvalue weighted by molar-refractivity contribution is 5.94. The van der Waals surface area contributed by atoms with Gasteiger partial charge in [-0.3, -0.25) is 4.79 Å². The predicted molar refractivity (Wildman–Crippen MR) is 93.2 cm³/mol. The maximum atomic E-state index is 12.4. The van der Waals surface area contributed by atoms with Crippen LogP contribution in [0.4, 0.5) is 5.69 Å². The normalized spacial score (nSPS) is 15.5. The van der Waals surface area contributed by atoms with Crippen LogP contribution in [-0.2, 0) is 17.6 Å². The van der Waals surface area contributed by atoms with Gasteiger partial charge in [-0.15, -0.1) is 0 Å². The van der Waals surface area contributed by atoms with E-state index in [9.17, 15) is 4.79 Å². The molecule has 1 aliphatic heterocycles. The number of nitrogens with zero attached hydrogens (tertiary/aromatic N) is 1. The summed E-state index contributed by atoms with van der Waals surface area (Å²) in [5, 5.41) is 0. The summed E-state index contributed by atoms with van der Waals surface area (Å²) in [4.78, 5) is 14.4. The molecule has 2 rings (SSSR count). The molecule has 0 radical (unpaired) electrons. The van der Waals surface area contributed by atoms with Crippen LogP contribution in [0.25, 0.3) is 0 Å². The number of hydrogen-bond acceptors (Lipinski definition) is 2. The number of fused-ring (bicyclic) bond motifs is 1. The molecular formula is C19H30N2O. The SMILES string of the molecule is CCCCC(=O)N1CCCc2cc(CC(N)CCC)ccc21. The van der Waals surface area contributed by atoms with E-state index >= 15 is 0 Å². The lowest BCUT2D eigenvalue weighted by molar-refractivity contribution is -0.118.